The van der Waals surface area contributed by atoms with Crippen LogP contribution in [0.5, 0.6) is 0 Å². The molecule has 5 heteroatoms. The van der Waals surface area contributed by atoms with Crippen LogP contribution in [-0.4, -0.2) is 28.1 Å². The number of alkyl halides is 3. The van der Waals surface area contributed by atoms with Crippen LogP contribution in [0.1, 0.15) is 112 Å². The molecule has 4 aliphatic rings. The summed E-state index contributed by atoms with van der Waals surface area (Å²) in [4.78, 5) is 0. The molecule has 0 aromatic carbocycles. The standard InChI is InChI=1S/C28H47F3O2/c1-24(2,3)23(32)8-6-7-18-10-12-21-20-11-9-19-17-27(33,28(29,30)31)16-15-26(19,5)22(20)13-14-25(18,21)4/h18-23,32-33H,6-17H2,1-5H3/t18-,19+,20+,21+,22+,23+,25-,26+,27+/m1/s1. The van der Waals surface area contributed by atoms with Gasteiger partial charge in [0, 0.05) is 0 Å². The van der Waals surface area contributed by atoms with Gasteiger partial charge in [0.05, 0.1) is 6.10 Å². The molecular formula is C28H47F3O2. The quantitative estimate of drug-likeness (QED) is 0.444. The van der Waals surface area contributed by atoms with Crippen molar-refractivity contribution in [2.45, 2.75) is 130 Å². The monoisotopic (exact) mass is 472 g/mol. The number of aliphatic hydroxyl groups excluding tert-OH is 1. The van der Waals surface area contributed by atoms with Gasteiger partial charge in [-0.3, -0.25) is 0 Å². The minimum absolute atomic E-state index is 0.0143. The van der Waals surface area contributed by atoms with Gasteiger partial charge in [-0.25, -0.2) is 0 Å². The van der Waals surface area contributed by atoms with Gasteiger partial charge >= 0.3 is 6.18 Å². The highest BCUT2D eigenvalue weighted by Gasteiger charge is 2.64. The van der Waals surface area contributed by atoms with E-state index >= 15 is 0 Å². The smallest absolute Gasteiger partial charge is 0.393 e. The number of hydrogen-bond donors (Lipinski definition) is 2. The van der Waals surface area contributed by atoms with E-state index in [9.17, 15) is 23.4 Å². The number of hydrogen-bond acceptors (Lipinski definition) is 2. The van der Waals surface area contributed by atoms with Crippen molar-refractivity contribution < 1.29 is 23.4 Å². The van der Waals surface area contributed by atoms with E-state index in [2.05, 4.69) is 34.6 Å². The number of rotatable bonds is 4. The fourth-order valence-corrected chi connectivity index (χ4v) is 9.08. The molecule has 0 aromatic rings. The van der Waals surface area contributed by atoms with Crippen molar-refractivity contribution in [1.29, 1.82) is 0 Å². The van der Waals surface area contributed by atoms with E-state index in [1.54, 1.807) is 0 Å². The van der Waals surface area contributed by atoms with E-state index in [1.165, 1.54) is 25.7 Å². The molecule has 0 aromatic heterocycles. The summed E-state index contributed by atoms with van der Waals surface area (Å²) in [6, 6.07) is 0. The molecule has 4 aliphatic carbocycles. The number of aliphatic hydroxyl groups is 2. The topological polar surface area (TPSA) is 40.5 Å². The summed E-state index contributed by atoms with van der Waals surface area (Å²) < 4.78 is 40.7. The van der Waals surface area contributed by atoms with E-state index in [-0.39, 0.29) is 35.7 Å². The Labute approximate surface area is 199 Å². The van der Waals surface area contributed by atoms with Crippen LogP contribution in [0.3, 0.4) is 0 Å². The zero-order valence-corrected chi connectivity index (χ0v) is 21.5. The molecule has 0 spiro atoms. The van der Waals surface area contributed by atoms with Gasteiger partial charge in [-0.2, -0.15) is 13.2 Å². The lowest BCUT2D eigenvalue weighted by atomic mass is 9.43. The molecule has 192 valence electrons. The van der Waals surface area contributed by atoms with E-state index in [4.69, 9.17) is 0 Å². The van der Waals surface area contributed by atoms with E-state index in [0.717, 1.165) is 32.1 Å². The lowest BCUT2D eigenvalue weighted by Crippen LogP contribution is -2.59. The third kappa shape index (κ3) is 4.30. The van der Waals surface area contributed by atoms with Gasteiger partial charge in [-0.15, -0.1) is 0 Å². The molecule has 33 heavy (non-hydrogen) atoms. The fourth-order valence-electron chi connectivity index (χ4n) is 9.08. The highest BCUT2D eigenvalue weighted by Crippen LogP contribution is 2.69. The molecule has 4 rings (SSSR count). The first kappa shape index (κ1) is 25.8. The van der Waals surface area contributed by atoms with Crippen molar-refractivity contribution in [3.05, 3.63) is 0 Å². The first-order valence-electron chi connectivity index (χ1n) is 13.6. The molecule has 4 saturated carbocycles. The Morgan fingerprint density at radius 2 is 1.55 bits per heavy atom. The fraction of sp³-hybridized carbons (Fsp3) is 1.00. The predicted octanol–water partition coefficient (Wildman–Crippen LogP) is 7.52. The summed E-state index contributed by atoms with van der Waals surface area (Å²) in [5.41, 5.74) is -2.26. The van der Waals surface area contributed by atoms with Gasteiger partial charge in [0.15, 0.2) is 5.60 Å². The lowest BCUT2D eigenvalue weighted by molar-refractivity contribution is -0.290. The Kier molecular flexibility index (Phi) is 6.56. The van der Waals surface area contributed by atoms with Gasteiger partial charge < -0.3 is 10.2 Å². The van der Waals surface area contributed by atoms with Crippen LogP contribution in [0.4, 0.5) is 13.2 Å². The molecule has 0 unspecified atom stereocenters. The SMILES string of the molecule is CC(C)(C)[C@@H](O)CCC[C@@H]1CC[C@H]2[C@@H]3CC[C@H]4C[C@](O)(C(F)(F)F)CC[C@]4(C)[C@H]3CC[C@]12C. The molecule has 0 heterocycles. The Morgan fingerprint density at radius 1 is 0.879 bits per heavy atom. The molecule has 0 radical (unpaired) electrons. The van der Waals surface area contributed by atoms with Crippen molar-refractivity contribution in [3.63, 3.8) is 0 Å². The Bertz CT molecular complexity index is 715. The minimum Gasteiger partial charge on any atom is -0.393 e. The number of fused-ring (bicyclic) bond motifs is 5. The van der Waals surface area contributed by atoms with Crippen molar-refractivity contribution >= 4 is 0 Å². The normalized spacial score (nSPS) is 46.9. The second-order valence-corrected chi connectivity index (χ2v) is 14.0. The van der Waals surface area contributed by atoms with Crippen LogP contribution < -0.4 is 0 Å². The molecule has 0 amide bonds. The van der Waals surface area contributed by atoms with Gasteiger partial charge in [-0.05, 0) is 116 Å². The predicted molar refractivity (Wildman–Crippen MR) is 126 cm³/mol. The molecule has 4 fully saturated rings. The van der Waals surface area contributed by atoms with E-state index in [1.807, 2.05) is 0 Å². The molecule has 0 aliphatic heterocycles. The average molecular weight is 473 g/mol. The van der Waals surface area contributed by atoms with Crippen LogP contribution in [0.15, 0.2) is 0 Å². The van der Waals surface area contributed by atoms with Crippen LogP contribution in [-0.2, 0) is 0 Å². The summed E-state index contributed by atoms with van der Waals surface area (Å²) >= 11 is 0. The summed E-state index contributed by atoms with van der Waals surface area (Å²) in [7, 11) is 0. The van der Waals surface area contributed by atoms with Crippen molar-refractivity contribution in [2.24, 2.45) is 45.8 Å². The van der Waals surface area contributed by atoms with Crippen molar-refractivity contribution in [2.75, 3.05) is 0 Å². The van der Waals surface area contributed by atoms with Crippen molar-refractivity contribution in [3.8, 4) is 0 Å². The maximum absolute atomic E-state index is 13.6. The highest BCUT2D eigenvalue weighted by molar-refractivity contribution is 5.11. The second kappa shape index (κ2) is 8.39. The molecule has 0 bridgehead atoms. The zero-order chi connectivity index (χ0) is 24.4. The van der Waals surface area contributed by atoms with Gasteiger partial charge in [-0.1, -0.05) is 41.0 Å². The summed E-state index contributed by atoms with van der Waals surface area (Å²) in [6.07, 6.45) is 5.37. The Balaban J connectivity index is 1.43. The zero-order valence-electron chi connectivity index (χ0n) is 21.5. The first-order valence-corrected chi connectivity index (χ1v) is 13.6. The van der Waals surface area contributed by atoms with Crippen LogP contribution in [0.25, 0.3) is 0 Å². The van der Waals surface area contributed by atoms with Gasteiger partial charge in [0.2, 0.25) is 0 Å². The Morgan fingerprint density at radius 3 is 2.18 bits per heavy atom. The summed E-state index contributed by atoms with van der Waals surface area (Å²) in [5, 5.41) is 20.9. The number of halogens is 3. The van der Waals surface area contributed by atoms with Crippen molar-refractivity contribution in [1.82, 2.24) is 0 Å². The molecule has 2 N–H and O–H groups in total. The summed E-state index contributed by atoms with van der Waals surface area (Å²) in [6.45, 7) is 11.1. The second-order valence-electron chi connectivity index (χ2n) is 14.0. The third-order valence-corrected chi connectivity index (χ3v) is 11.5. The lowest BCUT2D eigenvalue weighted by Gasteiger charge is -2.62. The summed E-state index contributed by atoms with van der Waals surface area (Å²) in [5.74, 6) is 2.53. The van der Waals surface area contributed by atoms with Crippen LogP contribution in [0, 0.1) is 45.8 Å². The minimum atomic E-state index is -4.52. The van der Waals surface area contributed by atoms with Crippen LogP contribution >= 0.6 is 0 Å². The molecule has 0 saturated heterocycles. The van der Waals surface area contributed by atoms with E-state index < -0.39 is 11.8 Å². The maximum atomic E-state index is 13.6. The molecular weight excluding hydrogens is 425 g/mol. The van der Waals surface area contributed by atoms with E-state index in [0.29, 0.717) is 35.5 Å². The Hall–Kier alpha value is -0.290. The average Bonchev–Trinajstić information content (AvgIpc) is 3.03. The van der Waals surface area contributed by atoms with Crippen LogP contribution in [0.2, 0.25) is 0 Å². The maximum Gasteiger partial charge on any atom is 0.417 e. The molecule has 9 atom stereocenters. The largest absolute Gasteiger partial charge is 0.417 e. The molecule has 2 nitrogen and oxygen atoms in total. The van der Waals surface area contributed by atoms with Gasteiger partial charge in [0.1, 0.15) is 0 Å². The highest BCUT2D eigenvalue weighted by atomic mass is 19.4. The van der Waals surface area contributed by atoms with Gasteiger partial charge in [0.25, 0.3) is 0 Å². The third-order valence-electron chi connectivity index (χ3n) is 11.5. The first-order chi connectivity index (χ1) is 15.1.